The van der Waals surface area contributed by atoms with Gasteiger partial charge in [0.15, 0.2) is 0 Å². The van der Waals surface area contributed by atoms with Gasteiger partial charge in [0, 0.05) is 16.6 Å². The fourth-order valence-corrected chi connectivity index (χ4v) is 2.23. The van der Waals surface area contributed by atoms with Gasteiger partial charge in [0.1, 0.15) is 5.15 Å². The van der Waals surface area contributed by atoms with Crippen LogP contribution in [0.25, 0.3) is 0 Å². The highest BCUT2D eigenvalue weighted by Crippen LogP contribution is 2.27. The van der Waals surface area contributed by atoms with E-state index in [-0.39, 0.29) is 6.04 Å². The number of rotatable bonds is 2. The number of halogens is 1. The summed E-state index contributed by atoms with van der Waals surface area (Å²) >= 11 is 7.57. The summed E-state index contributed by atoms with van der Waals surface area (Å²) in [6, 6.07) is 7.55. The fraction of sp³-hybridized carbons (Fsp3) is 0.100. The Morgan fingerprint density at radius 3 is 2.86 bits per heavy atom. The van der Waals surface area contributed by atoms with E-state index < -0.39 is 0 Å². The van der Waals surface area contributed by atoms with Crippen LogP contribution >= 0.6 is 22.9 Å². The summed E-state index contributed by atoms with van der Waals surface area (Å²) < 4.78 is 0. The van der Waals surface area contributed by atoms with Crippen molar-refractivity contribution in [3.05, 3.63) is 51.4 Å². The molecular formula is C10H9ClN2S. The second-order valence-corrected chi connectivity index (χ2v) is 4.21. The van der Waals surface area contributed by atoms with E-state index in [2.05, 4.69) is 4.98 Å². The first-order valence-corrected chi connectivity index (χ1v) is 5.44. The van der Waals surface area contributed by atoms with Crippen molar-refractivity contribution in [1.82, 2.24) is 4.98 Å². The molecule has 0 radical (unpaired) electrons. The van der Waals surface area contributed by atoms with Crippen molar-refractivity contribution in [2.45, 2.75) is 6.04 Å². The minimum Gasteiger partial charge on any atom is -0.320 e. The van der Waals surface area contributed by atoms with Crippen LogP contribution in [-0.2, 0) is 0 Å². The van der Waals surface area contributed by atoms with Crippen LogP contribution in [0.4, 0.5) is 0 Å². The minimum atomic E-state index is -0.170. The molecule has 2 nitrogen and oxygen atoms in total. The standard InChI is InChI=1S/C10H9ClN2S/c11-10-7(3-1-5-13-10)9(12)8-4-2-6-14-8/h1-6,9H,12H2/t9-/m1/s1. The van der Waals surface area contributed by atoms with E-state index in [4.69, 9.17) is 17.3 Å². The van der Waals surface area contributed by atoms with Crippen molar-refractivity contribution in [2.24, 2.45) is 5.73 Å². The van der Waals surface area contributed by atoms with E-state index in [0.29, 0.717) is 5.15 Å². The summed E-state index contributed by atoms with van der Waals surface area (Å²) in [7, 11) is 0. The molecule has 14 heavy (non-hydrogen) atoms. The fourth-order valence-electron chi connectivity index (χ4n) is 1.25. The third kappa shape index (κ3) is 1.80. The van der Waals surface area contributed by atoms with E-state index in [1.54, 1.807) is 17.5 Å². The van der Waals surface area contributed by atoms with E-state index in [1.807, 2.05) is 29.6 Å². The normalized spacial score (nSPS) is 12.7. The summed E-state index contributed by atoms with van der Waals surface area (Å²) in [6.45, 7) is 0. The molecule has 2 aromatic rings. The van der Waals surface area contributed by atoms with Gasteiger partial charge in [-0.3, -0.25) is 0 Å². The van der Waals surface area contributed by atoms with E-state index in [1.165, 1.54) is 0 Å². The molecule has 0 aromatic carbocycles. The Kier molecular flexibility index (Phi) is 2.82. The van der Waals surface area contributed by atoms with E-state index >= 15 is 0 Å². The summed E-state index contributed by atoms with van der Waals surface area (Å²) in [5.41, 5.74) is 6.92. The first-order valence-electron chi connectivity index (χ1n) is 4.18. The van der Waals surface area contributed by atoms with Gasteiger partial charge < -0.3 is 5.73 Å². The monoisotopic (exact) mass is 224 g/mol. The molecule has 0 aliphatic carbocycles. The van der Waals surface area contributed by atoms with Gasteiger partial charge in [0.25, 0.3) is 0 Å². The zero-order chi connectivity index (χ0) is 9.97. The molecule has 0 spiro atoms. The van der Waals surface area contributed by atoms with E-state index in [0.717, 1.165) is 10.4 Å². The van der Waals surface area contributed by atoms with Gasteiger partial charge >= 0.3 is 0 Å². The van der Waals surface area contributed by atoms with Crippen LogP contribution in [0.2, 0.25) is 5.15 Å². The molecular weight excluding hydrogens is 216 g/mol. The zero-order valence-electron chi connectivity index (χ0n) is 7.35. The van der Waals surface area contributed by atoms with Gasteiger partial charge in [-0.1, -0.05) is 23.7 Å². The molecule has 2 N–H and O–H groups in total. The quantitative estimate of drug-likeness (QED) is 0.797. The highest BCUT2D eigenvalue weighted by molar-refractivity contribution is 7.10. The molecule has 72 valence electrons. The van der Waals surface area contributed by atoms with Crippen LogP contribution in [0.3, 0.4) is 0 Å². The second-order valence-electron chi connectivity index (χ2n) is 2.88. The van der Waals surface area contributed by atoms with Gasteiger partial charge in [-0.25, -0.2) is 4.98 Å². The van der Waals surface area contributed by atoms with Crippen LogP contribution < -0.4 is 5.73 Å². The number of hydrogen-bond donors (Lipinski definition) is 1. The van der Waals surface area contributed by atoms with Gasteiger partial charge in [-0.15, -0.1) is 11.3 Å². The zero-order valence-corrected chi connectivity index (χ0v) is 8.92. The maximum absolute atomic E-state index is 6.05. The summed E-state index contributed by atoms with van der Waals surface area (Å²) in [6.07, 6.45) is 1.66. The minimum absolute atomic E-state index is 0.170. The predicted molar refractivity (Wildman–Crippen MR) is 59.6 cm³/mol. The molecule has 2 heterocycles. The maximum Gasteiger partial charge on any atom is 0.134 e. The van der Waals surface area contributed by atoms with Crippen molar-refractivity contribution in [1.29, 1.82) is 0 Å². The SMILES string of the molecule is N[C@@H](c1cccs1)c1cccnc1Cl. The van der Waals surface area contributed by atoms with Gasteiger partial charge in [0.2, 0.25) is 0 Å². The van der Waals surface area contributed by atoms with E-state index in [9.17, 15) is 0 Å². The second kappa shape index (κ2) is 4.09. The third-order valence-corrected chi connectivity index (χ3v) is 3.24. The Morgan fingerprint density at radius 2 is 2.21 bits per heavy atom. The van der Waals surface area contributed by atoms with Gasteiger partial charge in [-0.2, -0.15) is 0 Å². The number of pyridine rings is 1. The molecule has 2 rings (SSSR count). The van der Waals surface area contributed by atoms with Gasteiger partial charge in [-0.05, 0) is 17.5 Å². The van der Waals surface area contributed by atoms with Crippen LogP contribution in [0, 0.1) is 0 Å². The molecule has 0 fully saturated rings. The molecule has 2 aromatic heterocycles. The Bertz CT molecular complexity index is 414. The van der Waals surface area contributed by atoms with Crippen molar-refractivity contribution < 1.29 is 0 Å². The van der Waals surface area contributed by atoms with Crippen LogP contribution in [0.5, 0.6) is 0 Å². The molecule has 0 saturated heterocycles. The molecule has 1 atom stereocenters. The first-order chi connectivity index (χ1) is 6.79. The van der Waals surface area contributed by atoms with Gasteiger partial charge in [0.05, 0.1) is 6.04 Å². The number of nitrogens with zero attached hydrogens (tertiary/aromatic N) is 1. The summed E-state index contributed by atoms with van der Waals surface area (Å²) in [4.78, 5) is 5.10. The number of thiophene rings is 1. The van der Waals surface area contributed by atoms with Crippen molar-refractivity contribution in [3.63, 3.8) is 0 Å². The average molecular weight is 225 g/mol. The first kappa shape index (κ1) is 9.65. The molecule has 0 amide bonds. The lowest BCUT2D eigenvalue weighted by atomic mass is 10.1. The molecule has 0 aliphatic rings. The predicted octanol–water partition coefficient (Wildman–Crippen LogP) is 2.84. The Hall–Kier alpha value is -0.900. The molecule has 0 aliphatic heterocycles. The van der Waals surface area contributed by atoms with Crippen LogP contribution in [0.1, 0.15) is 16.5 Å². The lowest BCUT2D eigenvalue weighted by molar-refractivity contribution is 0.884. The van der Waals surface area contributed by atoms with Crippen molar-refractivity contribution >= 4 is 22.9 Å². The molecule has 0 saturated carbocycles. The lowest BCUT2D eigenvalue weighted by Gasteiger charge is -2.10. The lowest BCUT2D eigenvalue weighted by Crippen LogP contribution is -2.11. The molecule has 4 heteroatoms. The third-order valence-electron chi connectivity index (χ3n) is 1.97. The maximum atomic E-state index is 6.05. The van der Waals surface area contributed by atoms with Crippen LogP contribution in [0.15, 0.2) is 35.8 Å². The largest absolute Gasteiger partial charge is 0.320 e. The Balaban J connectivity index is 2.37. The molecule has 0 unspecified atom stereocenters. The highest BCUT2D eigenvalue weighted by Gasteiger charge is 2.13. The number of hydrogen-bond acceptors (Lipinski definition) is 3. The smallest absolute Gasteiger partial charge is 0.134 e. The van der Waals surface area contributed by atoms with Crippen LogP contribution in [-0.4, -0.2) is 4.98 Å². The summed E-state index contributed by atoms with van der Waals surface area (Å²) in [5.74, 6) is 0. The molecule has 0 bridgehead atoms. The summed E-state index contributed by atoms with van der Waals surface area (Å²) in [5, 5.41) is 2.48. The topological polar surface area (TPSA) is 38.9 Å². The highest BCUT2D eigenvalue weighted by atomic mass is 35.5. The van der Waals surface area contributed by atoms with Crippen molar-refractivity contribution in [3.8, 4) is 0 Å². The number of aromatic nitrogens is 1. The average Bonchev–Trinajstić information content (AvgIpc) is 2.70. The Labute approximate surface area is 91.4 Å². The van der Waals surface area contributed by atoms with Crippen molar-refractivity contribution in [2.75, 3.05) is 0 Å². The number of nitrogens with two attached hydrogens (primary N) is 1. The Morgan fingerprint density at radius 1 is 1.36 bits per heavy atom.